The maximum Gasteiger partial charge on any atom is 0.340 e. The molecule has 0 heterocycles. The van der Waals surface area contributed by atoms with Crippen molar-refractivity contribution >= 4 is 46.7 Å². The monoisotopic (exact) mass is 385 g/mol. The van der Waals surface area contributed by atoms with Gasteiger partial charge in [-0.15, -0.1) is 0 Å². The second kappa shape index (κ2) is 8.38. The number of carbonyl (C=O) groups excluding carboxylic acids is 2. The van der Waals surface area contributed by atoms with E-state index in [1.165, 1.54) is 12.1 Å². The maximum absolute atomic E-state index is 12.0. The maximum atomic E-state index is 12.0. The zero-order valence-corrected chi connectivity index (χ0v) is 15.0. The summed E-state index contributed by atoms with van der Waals surface area (Å²) >= 11 is 17.6. The molecule has 0 radical (unpaired) electrons. The molecule has 0 spiro atoms. The first-order chi connectivity index (χ1) is 11.4. The predicted molar refractivity (Wildman–Crippen MR) is 94.8 cm³/mol. The van der Waals surface area contributed by atoms with Crippen LogP contribution in [-0.2, 0) is 9.53 Å². The smallest absolute Gasteiger partial charge is 0.340 e. The highest BCUT2D eigenvalue weighted by molar-refractivity contribution is 6.35. The van der Waals surface area contributed by atoms with Crippen molar-refractivity contribution in [3.05, 3.63) is 68.7 Å². The van der Waals surface area contributed by atoms with Crippen molar-refractivity contribution in [1.29, 1.82) is 0 Å². The highest BCUT2D eigenvalue weighted by Crippen LogP contribution is 2.21. The molecule has 1 N–H and O–H groups in total. The molecule has 4 nitrogen and oxygen atoms in total. The minimum Gasteiger partial charge on any atom is -0.452 e. The lowest BCUT2D eigenvalue weighted by Gasteiger charge is -2.14. The summed E-state index contributed by atoms with van der Waals surface area (Å²) in [6, 6.07) is 11.3. The van der Waals surface area contributed by atoms with Crippen LogP contribution in [0.1, 0.15) is 28.9 Å². The van der Waals surface area contributed by atoms with Gasteiger partial charge in [0.05, 0.1) is 16.6 Å². The lowest BCUT2D eigenvalue weighted by atomic mass is 10.1. The third kappa shape index (κ3) is 5.13. The SMILES string of the molecule is C[C@@H](NC(=O)COC(=O)c1cc(Cl)ccc1Cl)c1cccc(Cl)c1. The molecule has 2 aromatic rings. The molecule has 0 unspecified atom stereocenters. The molecule has 0 aromatic heterocycles. The number of hydrogen-bond acceptors (Lipinski definition) is 3. The molecule has 0 aliphatic carbocycles. The van der Waals surface area contributed by atoms with Crippen LogP contribution in [0, 0.1) is 0 Å². The Balaban J connectivity index is 1.91. The van der Waals surface area contributed by atoms with Crippen molar-refractivity contribution in [1.82, 2.24) is 5.32 Å². The van der Waals surface area contributed by atoms with Crippen LogP contribution in [0.2, 0.25) is 15.1 Å². The summed E-state index contributed by atoms with van der Waals surface area (Å²) < 4.78 is 4.97. The van der Waals surface area contributed by atoms with Crippen molar-refractivity contribution in [2.75, 3.05) is 6.61 Å². The van der Waals surface area contributed by atoms with Crippen molar-refractivity contribution < 1.29 is 14.3 Å². The Morgan fingerprint density at radius 1 is 1.08 bits per heavy atom. The van der Waals surface area contributed by atoms with Crippen LogP contribution < -0.4 is 5.32 Å². The fourth-order valence-electron chi connectivity index (χ4n) is 2.01. The van der Waals surface area contributed by atoms with Crippen LogP contribution in [0.5, 0.6) is 0 Å². The lowest BCUT2D eigenvalue weighted by Crippen LogP contribution is -2.31. The third-order valence-electron chi connectivity index (χ3n) is 3.21. The topological polar surface area (TPSA) is 55.4 Å². The summed E-state index contributed by atoms with van der Waals surface area (Å²) in [5, 5.41) is 3.86. The van der Waals surface area contributed by atoms with Gasteiger partial charge in [-0.1, -0.05) is 46.9 Å². The van der Waals surface area contributed by atoms with Crippen LogP contribution in [-0.4, -0.2) is 18.5 Å². The van der Waals surface area contributed by atoms with E-state index >= 15 is 0 Å². The summed E-state index contributed by atoms with van der Waals surface area (Å²) in [5.41, 5.74) is 0.958. The van der Waals surface area contributed by atoms with Gasteiger partial charge in [0.2, 0.25) is 0 Å². The Kier molecular flexibility index (Phi) is 6.49. The molecule has 0 bridgehead atoms. The van der Waals surface area contributed by atoms with Gasteiger partial charge in [0.15, 0.2) is 6.61 Å². The fraction of sp³-hybridized carbons (Fsp3) is 0.176. The van der Waals surface area contributed by atoms with Gasteiger partial charge < -0.3 is 10.1 Å². The largest absolute Gasteiger partial charge is 0.452 e. The van der Waals surface area contributed by atoms with Gasteiger partial charge in [-0.3, -0.25) is 4.79 Å². The molecule has 2 aromatic carbocycles. The fourth-order valence-corrected chi connectivity index (χ4v) is 2.57. The lowest BCUT2D eigenvalue weighted by molar-refractivity contribution is -0.124. The quantitative estimate of drug-likeness (QED) is 0.759. The number of ether oxygens (including phenoxy) is 1. The molecular formula is C17H14Cl3NO3. The molecule has 0 saturated carbocycles. The second-order valence-electron chi connectivity index (χ2n) is 5.04. The van der Waals surface area contributed by atoms with Gasteiger partial charge in [-0.25, -0.2) is 4.79 Å². The molecule has 24 heavy (non-hydrogen) atoms. The molecule has 0 aliphatic rings. The van der Waals surface area contributed by atoms with Crippen molar-refractivity contribution in [3.63, 3.8) is 0 Å². The minimum atomic E-state index is -0.715. The first kappa shape index (κ1) is 18.6. The third-order valence-corrected chi connectivity index (χ3v) is 4.01. The van der Waals surface area contributed by atoms with Gasteiger partial charge in [-0.05, 0) is 42.8 Å². The predicted octanol–water partition coefficient (Wildman–Crippen LogP) is 4.68. The Bertz CT molecular complexity index is 764. The van der Waals surface area contributed by atoms with Crippen molar-refractivity contribution in [3.8, 4) is 0 Å². The average Bonchev–Trinajstić information content (AvgIpc) is 2.54. The van der Waals surface area contributed by atoms with Crippen LogP contribution >= 0.6 is 34.8 Å². The number of nitrogens with one attached hydrogen (secondary N) is 1. The van der Waals surface area contributed by atoms with E-state index in [9.17, 15) is 9.59 Å². The zero-order valence-electron chi connectivity index (χ0n) is 12.7. The molecule has 0 saturated heterocycles. The Morgan fingerprint density at radius 3 is 2.50 bits per heavy atom. The number of amides is 1. The van der Waals surface area contributed by atoms with Crippen molar-refractivity contribution in [2.45, 2.75) is 13.0 Å². The summed E-state index contributed by atoms with van der Waals surface area (Å²) in [5.74, 6) is -1.15. The summed E-state index contributed by atoms with van der Waals surface area (Å²) in [7, 11) is 0. The van der Waals surface area contributed by atoms with E-state index in [0.29, 0.717) is 10.0 Å². The average molecular weight is 387 g/mol. The van der Waals surface area contributed by atoms with Crippen molar-refractivity contribution in [2.24, 2.45) is 0 Å². The molecule has 1 amide bonds. The summed E-state index contributed by atoms with van der Waals surface area (Å²) in [6.07, 6.45) is 0. The summed E-state index contributed by atoms with van der Waals surface area (Å²) in [4.78, 5) is 23.9. The number of carbonyl (C=O) groups is 2. The molecule has 1 atom stereocenters. The molecule has 0 fully saturated rings. The molecule has 2 rings (SSSR count). The first-order valence-electron chi connectivity index (χ1n) is 7.04. The van der Waals surface area contributed by atoms with Gasteiger partial charge in [0.1, 0.15) is 0 Å². The Morgan fingerprint density at radius 2 is 1.79 bits per heavy atom. The van der Waals surface area contributed by atoms with E-state index in [4.69, 9.17) is 39.5 Å². The van der Waals surface area contributed by atoms with E-state index in [1.807, 2.05) is 6.07 Å². The van der Waals surface area contributed by atoms with E-state index in [-0.39, 0.29) is 16.6 Å². The van der Waals surface area contributed by atoms with E-state index in [2.05, 4.69) is 5.32 Å². The zero-order chi connectivity index (χ0) is 17.7. The molecule has 126 valence electrons. The van der Waals surface area contributed by atoms with Gasteiger partial charge in [0.25, 0.3) is 5.91 Å². The normalized spacial score (nSPS) is 11.7. The van der Waals surface area contributed by atoms with Crippen LogP contribution in [0.3, 0.4) is 0 Å². The van der Waals surface area contributed by atoms with E-state index < -0.39 is 18.5 Å². The standard InChI is InChI=1S/C17H14Cl3NO3/c1-10(11-3-2-4-12(18)7-11)21-16(22)9-24-17(23)14-8-13(19)5-6-15(14)20/h2-8,10H,9H2,1H3,(H,21,22)/t10-/m1/s1. The summed E-state index contributed by atoms with van der Waals surface area (Å²) in [6.45, 7) is 1.38. The number of rotatable bonds is 5. The number of hydrogen-bond donors (Lipinski definition) is 1. The Labute approximate surface area is 154 Å². The number of benzene rings is 2. The van der Waals surface area contributed by atoms with Gasteiger partial charge >= 0.3 is 5.97 Å². The molecule has 7 heteroatoms. The van der Waals surface area contributed by atoms with Gasteiger partial charge in [0, 0.05) is 10.0 Å². The van der Waals surface area contributed by atoms with E-state index in [0.717, 1.165) is 5.56 Å². The van der Waals surface area contributed by atoms with Gasteiger partial charge in [-0.2, -0.15) is 0 Å². The first-order valence-corrected chi connectivity index (χ1v) is 8.17. The molecule has 0 aliphatic heterocycles. The second-order valence-corrected chi connectivity index (χ2v) is 6.32. The highest BCUT2D eigenvalue weighted by atomic mass is 35.5. The molecular weight excluding hydrogens is 373 g/mol. The highest BCUT2D eigenvalue weighted by Gasteiger charge is 2.16. The van der Waals surface area contributed by atoms with E-state index in [1.54, 1.807) is 31.2 Å². The van der Waals surface area contributed by atoms with Crippen LogP contribution in [0.4, 0.5) is 0 Å². The number of halogens is 3. The number of esters is 1. The Hall–Kier alpha value is -1.75. The van der Waals surface area contributed by atoms with Crippen LogP contribution in [0.15, 0.2) is 42.5 Å². The minimum absolute atomic E-state index is 0.111. The van der Waals surface area contributed by atoms with Crippen LogP contribution in [0.25, 0.3) is 0 Å².